The highest BCUT2D eigenvalue weighted by molar-refractivity contribution is 5.71. The third-order valence-corrected chi connectivity index (χ3v) is 3.25. The molecule has 1 aromatic rings. The van der Waals surface area contributed by atoms with Gasteiger partial charge >= 0.3 is 5.97 Å². The molecule has 98 valence electrons. The average Bonchev–Trinajstić information content (AvgIpc) is 2.86. The quantitative estimate of drug-likeness (QED) is 0.840. The van der Waals surface area contributed by atoms with Crippen LogP contribution in [0, 0.1) is 5.92 Å². The number of hydrogen-bond donors (Lipinski definition) is 2. The Morgan fingerprint density at radius 3 is 2.78 bits per heavy atom. The van der Waals surface area contributed by atoms with Crippen molar-refractivity contribution in [2.45, 2.75) is 25.8 Å². The van der Waals surface area contributed by atoms with Crippen LogP contribution in [0.4, 0.5) is 0 Å². The van der Waals surface area contributed by atoms with Gasteiger partial charge in [-0.15, -0.1) is 0 Å². The molecule has 1 aromatic carbocycles. The van der Waals surface area contributed by atoms with Crippen molar-refractivity contribution in [2.24, 2.45) is 5.92 Å². The normalized spacial score (nSPS) is 22.9. The fourth-order valence-corrected chi connectivity index (χ4v) is 2.31. The number of nitrogens with one attached hydrogen (secondary N) is 1. The Kier molecular flexibility index (Phi) is 4.20. The van der Waals surface area contributed by atoms with E-state index in [0.29, 0.717) is 13.0 Å². The molecule has 1 aliphatic heterocycles. The first kappa shape index (κ1) is 12.9. The number of rotatable bonds is 5. The first-order valence-corrected chi connectivity index (χ1v) is 6.41. The smallest absolute Gasteiger partial charge is 0.308 e. The second-order valence-corrected chi connectivity index (χ2v) is 4.58. The van der Waals surface area contributed by atoms with Crippen molar-refractivity contribution in [3.8, 4) is 5.75 Å². The fraction of sp³-hybridized carbons (Fsp3) is 0.500. The minimum atomic E-state index is -0.726. The SMILES string of the molecule is CCCOc1ccc(C2NCCC2C(=O)O)cc1. The number of hydrogen-bond acceptors (Lipinski definition) is 3. The van der Waals surface area contributed by atoms with Gasteiger partial charge in [0.1, 0.15) is 5.75 Å². The van der Waals surface area contributed by atoms with E-state index in [-0.39, 0.29) is 12.0 Å². The maximum Gasteiger partial charge on any atom is 0.308 e. The highest BCUT2D eigenvalue weighted by Gasteiger charge is 2.33. The summed E-state index contributed by atoms with van der Waals surface area (Å²) >= 11 is 0. The highest BCUT2D eigenvalue weighted by atomic mass is 16.5. The summed E-state index contributed by atoms with van der Waals surface area (Å²) in [5.74, 6) is -0.214. The van der Waals surface area contributed by atoms with Gasteiger partial charge < -0.3 is 15.2 Å². The fourth-order valence-electron chi connectivity index (χ4n) is 2.31. The number of carboxylic acids is 1. The molecule has 0 radical (unpaired) electrons. The highest BCUT2D eigenvalue weighted by Crippen LogP contribution is 2.30. The van der Waals surface area contributed by atoms with Crippen molar-refractivity contribution >= 4 is 5.97 Å². The van der Waals surface area contributed by atoms with Gasteiger partial charge in [0.05, 0.1) is 12.5 Å². The number of carboxylic acid groups (broad SMARTS) is 1. The molecule has 4 heteroatoms. The zero-order valence-corrected chi connectivity index (χ0v) is 10.6. The van der Waals surface area contributed by atoms with Crippen molar-refractivity contribution in [3.05, 3.63) is 29.8 Å². The summed E-state index contributed by atoms with van der Waals surface area (Å²) in [5, 5.41) is 12.4. The molecule has 0 aliphatic carbocycles. The van der Waals surface area contributed by atoms with Crippen LogP contribution >= 0.6 is 0 Å². The van der Waals surface area contributed by atoms with Gasteiger partial charge in [-0.25, -0.2) is 0 Å². The zero-order valence-electron chi connectivity index (χ0n) is 10.6. The lowest BCUT2D eigenvalue weighted by atomic mass is 9.94. The van der Waals surface area contributed by atoms with Crippen LogP contribution in [-0.4, -0.2) is 24.2 Å². The van der Waals surface area contributed by atoms with E-state index in [9.17, 15) is 4.79 Å². The van der Waals surface area contributed by atoms with Crippen LogP contribution in [0.15, 0.2) is 24.3 Å². The molecule has 4 nitrogen and oxygen atoms in total. The van der Waals surface area contributed by atoms with E-state index in [1.54, 1.807) is 0 Å². The van der Waals surface area contributed by atoms with Gasteiger partial charge in [-0.3, -0.25) is 4.79 Å². The number of ether oxygens (including phenoxy) is 1. The molecule has 1 saturated heterocycles. The predicted molar refractivity (Wildman–Crippen MR) is 68.7 cm³/mol. The standard InChI is InChI=1S/C14H19NO3/c1-2-9-18-11-5-3-10(4-6-11)13-12(14(16)17)7-8-15-13/h3-6,12-13,15H,2,7-9H2,1H3,(H,16,17). The lowest BCUT2D eigenvalue weighted by Gasteiger charge is -2.16. The first-order valence-electron chi connectivity index (χ1n) is 6.41. The number of carbonyl (C=O) groups is 1. The molecule has 2 unspecified atom stereocenters. The summed E-state index contributed by atoms with van der Waals surface area (Å²) < 4.78 is 5.51. The van der Waals surface area contributed by atoms with E-state index < -0.39 is 5.97 Å². The molecule has 1 fully saturated rings. The summed E-state index contributed by atoms with van der Waals surface area (Å²) in [5.41, 5.74) is 1.02. The Bertz CT molecular complexity index is 402. The molecular weight excluding hydrogens is 230 g/mol. The van der Waals surface area contributed by atoms with Crippen molar-refractivity contribution in [1.29, 1.82) is 0 Å². The van der Waals surface area contributed by atoms with Crippen LogP contribution in [0.5, 0.6) is 5.75 Å². The molecule has 0 saturated carbocycles. The monoisotopic (exact) mass is 249 g/mol. The Balaban J connectivity index is 2.06. The molecular formula is C14H19NO3. The van der Waals surface area contributed by atoms with E-state index in [0.717, 1.165) is 24.3 Å². The third-order valence-electron chi connectivity index (χ3n) is 3.25. The van der Waals surface area contributed by atoms with Gasteiger partial charge in [-0.2, -0.15) is 0 Å². The number of benzene rings is 1. The second-order valence-electron chi connectivity index (χ2n) is 4.58. The average molecular weight is 249 g/mol. The maximum absolute atomic E-state index is 11.1. The van der Waals surface area contributed by atoms with Crippen molar-refractivity contribution < 1.29 is 14.6 Å². The van der Waals surface area contributed by atoms with E-state index in [1.165, 1.54) is 0 Å². The van der Waals surface area contributed by atoms with E-state index in [1.807, 2.05) is 24.3 Å². The molecule has 2 N–H and O–H groups in total. The molecule has 0 spiro atoms. The van der Waals surface area contributed by atoms with Crippen LogP contribution in [0.25, 0.3) is 0 Å². The lowest BCUT2D eigenvalue weighted by molar-refractivity contribution is -0.142. The summed E-state index contributed by atoms with van der Waals surface area (Å²) in [6.45, 7) is 3.53. The Hall–Kier alpha value is -1.55. The van der Waals surface area contributed by atoms with Crippen molar-refractivity contribution in [2.75, 3.05) is 13.2 Å². The molecule has 0 aromatic heterocycles. The minimum Gasteiger partial charge on any atom is -0.494 e. The van der Waals surface area contributed by atoms with Crippen LogP contribution in [-0.2, 0) is 4.79 Å². The van der Waals surface area contributed by atoms with Gasteiger partial charge in [-0.1, -0.05) is 19.1 Å². The summed E-state index contributed by atoms with van der Waals surface area (Å²) in [6, 6.07) is 7.63. The summed E-state index contributed by atoms with van der Waals surface area (Å²) in [7, 11) is 0. The largest absolute Gasteiger partial charge is 0.494 e. The van der Waals surface area contributed by atoms with Gasteiger partial charge in [0.2, 0.25) is 0 Å². The number of aliphatic carboxylic acids is 1. The van der Waals surface area contributed by atoms with Gasteiger partial charge in [0.15, 0.2) is 0 Å². The molecule has 0 bridgehead atoms. The van der Waals surface area contributed by atoms with Gasteiger partial charge in [0, 0.05) is 6.04 Å². The minimum absolute atomic E-state index is 0.0808. The zero-order chi connectivity index (χ0) is 13.0. The van der Waals surface area contributed by atoms with Crippen molar-refractivity contribution in [1.82, 2.24) is 5.32 Å². The molecule has 2 atom stereocenters. The Labute approximate surface area is 107 Å². The van der Waals surface area contributed by atoms with Crippen LogP contribution < -0.4 is 10.1 Å². The van der Waals surface area contributed by atoms with E-state index >= 15 is 0 Å². The van der Waals surface area contributed by atoms with Gasteiger partial charge in [-0.05, 0) is 37.1 Å². The van der Waals surface area contributed by atoms with E-state index in [4.69, 9.17) is 9.84 Å². The van der Waals surface area contributed by atoms with Crippen LogP contribution in [0.2, 0.25) is 0 Å². The predicted octanol–water partition coefficient (Wildman–Crippen LogP) is 2.21. The molecule has 2 rings (SSSR count). The summed E-state index contributed by atoms with van der Waals surface area (Å²) in [4.78, 5) is 11.1. The topological polar surface area (TPSA) is 58.6 Å². The third kappa shape index (κ3) is 2.82. The van der Waals surface area contributed by atoms with Crippen molar-refractivity contribution in [3.63, 3.8) is 0 Å². The van der Waals surface area contributed by atoms with Gasteiger partial charge in [0.25, 0.3) is 0 Å². The van der Waals surface area contributed by atoms with E-state index in [2.05, 4.69) is 12.2 Å². The Morgan fingerprint density at radius 1 is 1.44 bits per heavy atom. The van der Waals surface area contributed by atoms with Crippen LogP contribution in [0.3, 0.4) is 0 Å². The molecule has 1 aliphatic rings. The summed E-state index contributed by atoms with van der Waals surface area (Å²) in [6.07, 6.45) is 1.67. The first-order chi connectivity index (χ1) is 8.72. The maximum atomic E-state index is 11.1. The lowest BCUT2D eigenvalue weighted by Crippen LogP contribution is -2.23. The molecule has 0 amide bonds. The molecule has 1 heterocycles. The van der Waals surface area contributed by atoms with Crippen LogP contribution in [0.1, 0.15) is 31.4 Å². The molecule has 18 heavy (non-hydrogen) atoms. The second kappa shape index (κ2) is 5.87. The Morgan fingerprint density at radius 2 is 2.17 bits per heavy atom.